The zero-order chi connectivity index (χ0) is 15.7. The second kappa shape index (κ2) is 6.45. The monoisotopic (exact) mass is 306 g/mol. The predicted molar refractivity (Wildman–Crippen MR) is 72.6 cm³/mol. The number of ether oxygens (including phenoxy) is 5. The predicted octanol–water partition coefficient (Wildman–Crippen LogP) is 0.0278. The van der Waals surface area contributed by atoms with Gasteiger partial charge in [-0.25, -0.2) is 0 Å². The van der Waals surface area contributed by atoms with Gasteiger partial charge in [-0.15, -0.1) is 0 Å². The van der Waals surface area contributed by atoms with Crippen LogP contribution in [0.3, 0.4) is 0 Å². The molecule has 2 rings (SSSR count). The van der Waals surface area contributed by atoms with Crippen LogP contribution in [-0.2, 0) is 23.7 Å². The Labute approximate surface area is 125 Å². The topological polar surface area (TPSA) is 86.6 Å². The van der Waals surface area contributed by atoms with Crippen molar-refractivity contribution in [3.8, 4) is 0 Å². The van der Waals surface area contributed by atoms with E-state index >= 15 is 0 Å². The van der Waals surface area contributed by atoms with Crippen LogP contribution in [0.5, 0.6) is 0 Å². The van der Waals surface area contributed by atoms with Crippen LogP contribution in [0.2, 0.25) is 0 Å². The lowest BCUT2D eigenvalue weighted by molar-refractivity contribution is -0.212. The Morgan fingerprint density at radius 3 is 1.43 bits per heavy atom. The summed E-state index contributed by atoms with van der Waals surface area (Å²) >= 11 is 0. The summed E-state index contributed by atoms with van der Waals surface area (Å²) in [4.78, 5) is 0. The zero-order valence-electron chi connectivity index (χ0n) is 13.1. The first-order valence-corrected chi connectivity index (χ1v) is 7.26. The van der Waals surface area contributed by atoms with Gasteiger partial charge < -0.3 is 33.9 Å². The standard InChI is InChI=1S/C14H26O7/c1-13(2)17-5-9(15)11(7-19-13)21-12-8-20-14(3,4)18-6-10(12)16/h9-12,15-16H,5-8H2,1-4H3. The molecule has 0 amide bonds. The summed E-state index contributed by atoms with van der Waals surface area (Å²) in [6.45, 7) is 7.71. The van der Waals surface area contributed by atoms with Crippen molar-refractivity contribution >= 4 is 0 Å². The highest BCUT2D eigenvalue weighted by Crippen LogP contribution is 2.23. The van der Waals surface area contributed by atoms with Crippen molar-refractivity contribution in [1.82, 2.24) is 0 Å². The van der Waals surface area contributed by atoms with Gasteiger partial charge in [-0.05, 0) is 27.7 Å². The summed E-state index contributed by atoms with van der Waals surface area (Å²) in [5.41, 5.74) is 0. The first-order valence-electron chi connectivity index (χ1n) is 7.26. The van der Waals surface area contributed by atoms with E-state index in [9.17, 15) is 10.2 Å². The largest absolute Gasteiger partial charge is 0.388 e. The Balaban J connectivity index is 1.96. The average Bonchev–Trinajstić information content (AvgIpc) is 2.60. The summed E-state index contributed by atoms with van der Waals surface area (Å²) in [6, 6.07) is 0. The smallest absolute Gasteiger partial charge is 0.163 e. The highest BCUT2D eigenvalue weighted by atomic mass is 16.7. The molecule has 2 aliphatic rings. The van der Waals surface area contributed by atoms with Gasteiger partial charge in [-0.1, -0.05) is 0 Å². The van der Waals surface area contributed by atoms with Crippen LogP contribution in [0.15, 0.2) is 0 Å². The molecule has 0 aliphatic carbocycles. The van der Waals surface area contributed by atoms with Crippen molar-refractivity contribution in [3.63, 3.8) is 0 Å². The molecule has 21 heavy (non-hydrogen) atoms. The quantitative estimate of drug-likeness (QED) is 0.744. The molecule has 2 saturated heterocycles. The molecule has 0 aromatic carbocycles. The summed E-state index contributed by atoms with van der Waals surface area (Å²) in [7, 11) is 0. The number of hydrogen-bond acceptors (Lipinski definition) is 7. The van der Waals surface area contributed by atoms with Gasteiger partial charge >= 0.3 is 0 Å². The molecule has 2 aliphatic heterocycles. The van der Waals surface area contributed by atoms with Crippen molar-refractivity contribution in [2.75, 3.05) is 26.4 Å². The molecule has 7 nitrogen and oxygen atoms in total. The van der Waals surface area contributed by atoms with E-state index in [0.717, 1.165) is 0 Å². The summed E-state index contributed by atoms with van der Waals surface area (Å²) in [5.74, 6) is -1.52. The second-order valence-electron chi connectivity index (χ2n) is 6.39. The fraction of sp³-hybridized carbons (Fsp3) is 1.00. The lowest BCUT2D eigenvalue weighted by Gasteiger charge is -2.27. The second-order valence-corrected chi connectivity index (χ2v) is 6.39. The fourth-order valence-corrected chi connectivity index (χ4v) is 2.14. The lowest BCUT2D eigenvalue weighted by Crippen LogP contribution is -2.43. The Hall–Kier alpha value is -0.280. The summed E-state index contributed by atoms with van der Waals surface area (Å²) < 4.78 is 27.8. The van der Waals surface area contributed by atoms with Gasteiger partial charge in [0.25, 0.3) is 0 Å². The Morgan fingerprint density at radius 2 is 1.05 bits per heavy atom. The highest BCUT2D eigenvalue weighted by Gasteiger charge is 2.37. The SMILES string of the molecule is CC1(C)OCC(O)C(OC2COC(C)(C)OCC2O)CO1. The molecule has 0 bridgehead atoms. The fourth-order valence-electron chi connectivity index (χ4n) is 2.14. The first kappa shape index (κ1) is 17.1. The van der Waals surface area contributed by atoms with Crippen LogP contribution < -0.4 is 0 Å². The minimum atomic E-state index is -0.823. The summed E-state index contributed by atoms with van der Waals surface area (Å²) in [6.07, 6.45) is -2.82. The first-order chi connectivity index (χ1) is 9.69. The maximum absolute atomic E-state index is 10.1. The molecule has 0 aromatic rings. The van der Waals surface area contributed by atoms with Crippen molar-refractivity contribution in [1.29, 1.82) is 0 Å². The zero-order valence-corrected chi connectivity index (χ0v) is 13.1. The molecule has 2 N–H and O–H groups in total. The van der Waals surface area contributed by atoms with Crippen molar-refractivity contribution in [2.24, 2.45) is 0 Å². The van der Waals surface area contributed by atoms with Crippen molar-refractivity contribution in [3.05, 3.63) is 0 Å². The van der Waals surface area contributed by atoms with Crippen LogP contribution >= 0.6 is 0 Å². The molecule has 0 aromatic heterocycles. The molecule has 7 heteroatoms. The van der Waals surface area contributed by atoms with Crippen LogP contribution in [0.1, 0.15) is 27.7 Å². The summed E-state index contributed by atoms with van der Waals surface area (Å²) in [5, 5.41) is 20.2. The number of aliphatic hydroxyl groups excluding tert-OH is 2. The van der Waals surface area contributed by atoms with Gasteiger partial charge in [0.15, 0.2) is 11.6 Å². The van der Waals surface area contributed by atoms with E-state index in [-0.39, 0.29) is 26.4 Å². The van der Waals surface area contributed by atoms with Crippen molar-refractivity contribution < 1.29 is 33.9 Å². The molecule has 0 spiro atoms. The minimum absolute atomic E-state index is 0.114. The van der Waals surface area contributed by atoms with Crippen LogP contribution in [0.4, 0.5) is 0 Å². The normalized spacial score (nSPS) is 40.3. The Morgan fingerprint density at radius 1 is 0.714 bits per heavy atom. The molecule has 0 saturated carbocycles. The minimum Gasteiger partial charge on any atom is -0.388 e. The number of rotatable bonds is 2. The van der Waals surface area contributed by atoms with E-state index in [1.54, 1.807) is 27.7 Å². The number of hydrogen-bond donors (Lipinski definition) is 2. The van der Waals surface area contributed by atoms with E-state index in [2.05, 4.69) is 0 Å². The Bertz CT molecular complexity index is 312. The van der Waals surface area contributed by atoms with E-state index in [4.69, 9.17) is 23.7 Å². The van der Waals surface area contributed by atoms with Crippen LogP contribution in [0.25, 0.3) is 0 Å². The van der Waals surface area contributed by atoms with Crippen LogP contribution in [-0.4, -0.2) is 72.6 Å². The van der Waals surface area contributed by atoms with Gasteiger partial charge in [0.2, 0.25) is 0 Å². The van der Waals surface area contributed by atoms with Crippen LogP contribution in [0, 0.1) is 0 Å². The molecule has 124 valence electrons. The highest BCUT2D eigenvalue weighted by molar-refractivity contribution is 4.80. The van der Waals surface area contributed by atoms with E-state index in [0.29, 0.717) is 0 Å². The van der Waals surface area contributed by atoms with Gasteiger partial charge in [-0.3, -0.25) is 0 Å². The third-order valence-corrected chi connectivity index (χ3v) is 3.60. The maximum Gasteiger partial charge on any atom is 0.163 e. The van der Waals surface area contributed by atoms with Gasteiger partial charge in [0, 0.05) is 0 Å². The molecule has 0 radical (unpaired) electrons. The van der Waals surface area contributed by atoms with E-state index in [1.165, 1.54) is 0 Å². The van der Waals surface area contributed by atoms with Gasteiger partial charge in [-0.2, -0.15) is 0 Å². The maximum atomic E-state index is 10.1. The number of aliphatic hydroxyl groups is 2. The molecule has 2 fully saturated rings. The molecule has 4 unspecified atom stereocenters. The van der Waals surface area contributed by atoms with Gasteiger partial charge in [0.05, 0.1) is 26.4 Å². The lowest BCUT2D eigenvalue weighted by atomic mass is 10.2. The average molecular weight is 306 g/mol. The van der Waals surface area contributed by atoms with Crippen molar-refractivity contribution in [2.45, 2.75) is 63.7 Å². The third kappa shape index (κ3) is 4.85. The molecule has 2 heterocycles. The molecular formula is C14H26O7. The third-order valence-electron chi connectivity index (χ3n) is 3.60. The van der Waals surface area contributed by atoms with Gasteiger partial charge in [0.1, 0.15) is 24.4 Å². The molecular weight excluding hydrogens is 280 g/mol. The molecule has 4 atom stereocenters. The van der Waals surface area contributed by atoms with E-state index < -0.39 is 36.0 Å². The Kier molecular flexibility index (Phi) is 5.25. The van der Waals surface area contributed by atoms with E-state index in [1.807, 2.05) is 0 Å².